The van der Waals surface area contributed by atoms with Gasteiger partial charge in [0.15, 0.2) is 11.6 Å². The molecule has 0 bridgehead atoms. The maximum absolute atomic E-state index is 14.1. The first-order valence-electron chi connectivity index (χ1n) is 7.29. The predicted molar refractivity (Wildman–Crippen MR) is 79.1 cm³/mol. The Hall–Kier alpha value is -2.44. The maximum Gasteiger partial charge on any atom is 0.341 e. The molecule has 1 aromatic carbocycles. The van der Waals surface area contributed by atoms with Crippen molar-refractivity contribution in [2.24, 2.45) is 0 Å². The van der Waals surface area contributed by atoms with Crippen molar-refractivity contribution >= 4 is 16.9 Å². The highest BCUT2D eigenvalue weighted by atomic mass is 19.2. The summed E-state index contributed by atoms with van der Waals surface area (Å²) in [6.07, 6.45) is 4.67. The number of nitrogens with zero attached hydrogens (tertiary/aromatic N) is 1. The molecule has 23 heavy (non-hydrogen) atoms. The summed E-state index contributed by atoms with van der Waals surface area (Å²) in [6.45, 7) is 0. The lowest BCUT2D eigenvalue weighted by atomic mass is 10.1. The Kier molecular flexibility index (Phi) is 3.79. The van der Waals surface area contributed by atoms with E-state index in [1.54, 1.807) is 4.57 Å². The molecule has 0 saturated heterocycles. The Bertz CT molecular complexity index is 854. The highest BCUT2D eigenvalue weighted by Crippen LogP contribution is 2.36. The van der Waals surface area contributed by atoms with Gasteiger partial charge in [-0.1, -0.05) is 12.8 Å². The average Bonchev–Trinajstić information content (AvgIpc) is 3.03. The van der Waals surface area contributed by atoms with Gasteiger partial charge in [-0.2, -0.15) is 4.39 Å². The van der Waals surface area contributed by atoms with Gasteiger partial charge >= 0.3 is 5.97 Å². The van der Waals surface area contributed by atoms with Gasteiger partial charge in [0, 0.05) is 12.2 Å². The summed E-state index contributed by atoms with van der Waals surface area (Å²) in [5.41, 5.74) is -1.20. The zero-order chi connectivity index (χ0) is 16.7. The van der Waals surface area contributed by atoms with Gasteiger partial charge in [0.1, 0.15) is 5.56 Å². The number of carbonyl (C=O) groups is 1. The summed E-state index contributed by atoms with van der Waals surface area (Å²) in [6, 6.07) is 0.669. The predicted octanol–water partition coefficient (Wildman–Crippen LogP) is 3.10. The van der Waals surface area contributed by atoms with Crippen molar-refractivity contribution in [2.45, 2.75) is 31.7 Å². The zero-order valence-corrected chi connectivity index (χ0v) is 12.4. The van der Waals surface area contributed by atoms with Crippen LogP contribution >= 0.6 is 0 Å². The Morgan fingerprint density at radius 1 is 1.35 bits per heavy atom. The van der Waals surface area contributed by atoms with Gasteiger partial charge in [-0.3, -0.25) is 4.79 Å². The monoisotopic (exact) mass is 323 g/mol. The quantitative estimate of drug-likeness (QED) is 0.942. The van der Waals surface area contributed by atoms with Crippen molar-refractivity contribution in [3.05, 3.63) is 39.7 Å². The molecule has 0 unspecified atom stereocenters. The SMILES string of the molecule is COc1c(F)c(F)cc2c(=O)c(C(=O)O)cn(C3CCCC3)c12. The maximum atomic E-state index is 14.1. The van der Waals surface area contributed by atoms with Gasteiger partial charge in [-0.15, -0.1) is 0 Å². The number of rotatable bonds is 3. The van der Waals surface area contributed by atoms with Crippen LogP contribution in [0.2, 0.25) is 0 Å². The molecule has 0 aliphatic heterocycles. The van der Waals surface area contributed by atoms with Crippen molar-refractivity contribution in [3.63, 3.8) is 0 Å². The molecule has 1 saturated carbocycles. The Morgan fingerprint density at radius 2 is 2.00 bits per heavy atom. The first kappa shape index (κ1) is 15.5. The molecule has 2 aromatic rings. The molecule has 0 atom stereocenters. The number of carboxylic acid groups (broad SMARTS) is 1. The lowest BCUT2D eigenvalue weighted by Crippen LogP contribution is -2.21. The van der Waals surface area contributed by atoms with Gasteiger partial charge in [-0.25, -0.2) is 9.18 Å². The molecule has 1 heterocycles. The number of aromatic carboxylic acids is 1. The highest BCUT2D eigenvalue weighted by Gasteiger charge is 2.26. The Balaban J connectivity index is 2.47. The van der Waals surface area contributed by atoms with E-state index in [4.69, 9.17) is 4.74 Å². The zero-order valence-electron chi connectivity index (χ0n) is 12.4. The third kappa shape index (κ3) is 2.36. The fourth-order valence-corrected chi connectivity index (χ4v) is 3.24. The van der Waals surface area contributed by atoms with Crippen LogP contribution in [-0.4, -0.2) is 22.8 Å². The number of halogens is 2. The van der Waals surface area contributed by atoms with Crippen LogP contribution in [0.5, 0.6) is 5.75 Å². The van der Waals surface area contributed by atoms with Crippen molar-refractivity contribution < 1.29 is 23.4 Å². The number of ether oxygens (including phenoxy) is 1. The molecule has 0 radical (unpaired) electrons. The first-order chi connectivity index (χ1) is 11.0. The Morgan fingerprint density at radius 3 is 2.57 bits per heavy atom. The van der Waals surface area contributed by atoms with E-state index >= 15 is 0 Å². The molecule has 1 aliphatic carbocycles. The van der Waals surface area contributed by atoms with E-state index in [1.165, 1.54) is 13.3 Å². The summed E-state index contributed by atoms with van der Waals surface area (Å²) in [4.78, 5) is 23.7. The van der Waals surface area contributed by atoms with Crippen LogP contribution in [0.25, 0.3) is 10.9 Å². The molecule has 1 N–H and O–H groups in total. The molecule has 122 valence electrons. The molecule has 3 rings (SSSR count). The van der Waals surface area contributed by atoms with Crippen LogP contribution in [0.4, 0.5) is 8.78 Å². The van der Waals surface area contributed by atoms with Gasteiger partial charge in [-0.05, 0) is 18.9 Å². The molecule has 0 amide bonds. The van der Waals surface area contributed by atoms with Gasteiger partial charge < -0.3 is 14.4 Å². The average molecular weight is 323 g/mol. The van der Waals surface area contributed by atoms with Crippen LogP contribution in [0, 0.1) is 11.6 Å². The number of hydrogen-bond acceptors (Lipinski definition) is 3. The minimum Gasteiger partial charge on any atom is -0.491 e. The van der Waals surface area contributed by atoms with Crippen LogP contribution in [0.1, 0.15) is 42.1 Å². The second-order valence-corrected chi connectivity index (χ2v) is 5.62. The Labute approximate surface area is 130 Å². The number of pyridine rings is 1. The standard InChI is InChI=1S/C16H15F2NO4/c1-23-15-12(18)11(17)6-9-13(15)19(8-4-2-3-5-8)7-10(14(9)20)16(21)22/h6-8H,2-5H2,1H3,(H,21,22). The fourth-order valence-electron chi connectivity index (χ4n) is 3.24. The molecular formula is C16H15F2NO4. The first-order valence-corrected chi connectivity index (χ1v) is 7.29. The number of hydrogen-bond donors (Lipinski definition) is 1. The van der Waals surface area contributed by atoms with E-state index in [2.05, 4.69) is 0 Å². The van der Waals surface area contributed by atoms with Crippen LogP contribution in [0.3, 0.4) is 0 Å². The largest absolute Gasteiger partial charge is 0.491 e. The lowest BCUT2D eigenvalue weighted by molar-refractivity contribution is 0.0694. The van der Waals surface area contributed by atoms with Gasteiger partial charge in [0.05, 0.1) is 18.0 Å². The number of aromatic nitrogens is 1. The third-order valence-corrected chi connectivity index (χ3v) is 4.32. The molecule has 1 aliphatic rings. The van der Waals surface area contributed by atoms with Crippen molar-refractivity contribution in [3.8, 4) is 5.75 Å². The van der Waals surface area contributed by atoms with Crippen molar-refractivity contribution in [1.29, 1.82) is 0 Å². The number of carboxylic acids is 1. The van der Waals surface area contributed by atoms with Crippen LogP contribution < -0.4 is 10.2 Å². The topological polar surface area (TPSA) is 68.5 Å². The van der Waals surface area contributed by atoms with Crippen LogP contribution in [0.15, 0.2) is 17.1 Å². The van der Waals surface area contributed by atoms with E-state index in [1.807, 2.05) is 0 Å². The minimum atomic E-state index is -1.40. The van der Waals surface area contributed by atoms with E-state index in [-0.39, 0.29) is 22.7 Å². The van der Waals surface area contributed by atoms with Crippen molar-refractivity contribution in [2.75, 3.05) is 7.11 Å². The van der Waals surface area contributed by atoms with E-state index in [0.29, 0.717) is 0 Å². The van der Waals surface area contributed by atoms with E-state index < -0.39 is 28.6 Å². The summed E-state index contributed by atoms with van der Waals surface area (Å²) < 4.78 is 34.3. The third-order valence-electron chi connectivity index (χ3n) is 4.32. The molecule has 1 fully saturated rings. The van der Waals surface area contributed by atoms with E-state index in [9.17, 15) is 23.5 Å². The summed E-state index contributed by atoms with van der Waals surface area (Å²) in [5.74, 6) is -4.20. The fraction of sp³-hybridized carbons (Fsp3) is 0.375. The lowest BCUT2D eigenvalue weighted by Gasteiger charge is -2.20. The summed E-state index contributed by atoms with van der Waals surface area (Å²) in [7, 11) is 1.19. The summed E-state index contributed by atoms with van der Waals surface area (Å²) in [5, 5.41) is 9.04. The molecule has 1 aromatic heterocycles. The molecule has 0 spiro atoms. The van der Waals surface area contributed by atoms with Gasteiger partial charge in [0.25, 0.3) is 0 Å². The van der Waals surface area contributed by atoms with Crippen molar-refractivity contribution in [1.82, 2.24) is 4.57 Å². The smallest absolute Gasteiger partial charge is 0.341 e. The molecule has 7 heteroatoms. The highest BCUT2D eigenvalue weighted by molar-refractivity contribution is 5.94. The second-order valence-electron chi connectivity index (χ2n) is 5.62. The number of methoxy groups -OCH3 is 1. The minimum absolute atomic E-state index is 0.0741. The second kappa shape index (κ2) is 5.64. The normalized spacial score (nSPS) is 15.3. The molecular weight excluding hydrogens is 308 g/mol. The van der Waals surface area contributed by atoms with E-state index in [0.717, 1.165) is 31.7 Å². The number of fused-ring (bicyclic) bond motifs is 1. The van der Waals surface area contributed by atoms with Crippen LogP contribution in [-0.2, 0) is 0 Å². The number of benzene rings is 1. The summed E-state index contributed by atoms with van der Waals surface area (Å²) >= 11 is 0. The van der Waals surface area contributed by atoms with Gasteiger partial charge in [0.2, 0.25) is 11.2 Å². The molecule has 5 nitrogen and oxygen atoms in total.